The van der Waals surface area contributed by atoms with Gasteiger partial charge in [-0.2, -0.15) is 0 Å². The minimum absolute atomic E-state index is 0.0157. The van der Waals surface area contributed by atoms with Crippen molar-refractivity contribution in [3.8, 4) is 23.0 Å². The van der Waals surface area contributed by atoms with Gasteiger partial charge in [0.2, 0.25) is 5.75 Å². The van der Waals surface area contributed by atoms with Gasteiger partial charge >= 0.3 is 11.9 Å². The van der Waals surface area contributed by atoms with E-state index in [9.17, 15) is 9.59 Å². The summed E-state index contributed by atoms with van der Waals surface area (Å²) in [6.45, 7) is 2.43. The number of esters is 2. The maximum absolute atomic E-state index is 14.5. The van der Waals surface area contributed by atoms with Crippen LogP contribution >= 0.6 is 0 Å². The topological polar surface area (TPSA) is 114 Å². The molecule has 2 aromatic rings. The maximum Gasteiger partial charge on any atom is 0.338 e. The summed E-state index contributed by atoms with van der Waals surface area (Å²) in [7, 11) is 7.47. The molecule has 2 aromatic carbocycles. The van der Waals surface area contributed by atoms with Gasteiger partial charge in [-0.25, -0.2) is 4.79 Å². The highest BCUT2D eigenvalue weighted by atomic mass is 16.6. The molecular formula is C32H36N2O9. The van der Waals surface area contributed by atoms with E-state index in [0.717, 1.165) is 16.8 Å². The average molecular weight is 593 g/mol. The largest absolute Gasteiger partial charge is 0.497 e. The number of nitrogens with zero attached hydrogens (tertiary/aromatic N) is 1. The van der Waals surface area contributed by atoms with Gasteiger partial charge in [-0.1, -0.05) is 11.6 Å². The highest BCUT2D eigenvalue weighted by Crippen LogP contribution is 2.76. The van der Waals surface area contributed by atoms with E-state index in [2.05, 4.69) is 16.3 Å². The van der Waals surface area contributed by atoms with Gasteiger partial charge in [-0.15, -0.1) is 0 Å². The van der Waals surface area contributed by atoms with Gasteiger partial charge in [0.25, 0.3) is 0 Å². The summed E-state index contributed by atoms with van der Waals surface area (Å²) in [4.78, 5) is 30.7. The first-order chi connectivity index (χ1) is 20.8. The minimum atomic E-state index is -1.30. The molecule has 5 aliphatic rings. The Morgan fingerprint density at radius 2 is 1.79 bits per heavy atom. The van der Waals surface area contributed by atoms with Crippen LogP contribution in [0.25, 0.3) is 0 Å². The third-order valence-corrected chi connectivity index (χ3v) is 10.6. The zero-order chi connectivity index (χ0) is 30.3. The molecule has 4 bridgehead atoms. The molecule has 4 aliphatic heterocycles. The Morgan fingerprint density at radius 1 is 1.05 bits per heavy atom. The monoisotopic (exact) mass is 592 g/mol. The van der Waals surface area contributed by atoms with Crippen molar-refractivity contribution in [1.29, 1.82) is 0 Å². The lowest BCUT2D eigenvalue weighted by molar-refractivity contribution is -0.191. The molecule has 1 saturated carbocycles. The molecule has 6 atom stereocenters. The van der Waals surface area contributed by atoms with Gasteiger partial charge in [-0.05, 0) is 49.2 Å². The van der Waals surface area contributed by atoms with Crippen LogP contribution in [0, 0.1) is 11.3 Å². The number of anilines is 1. The molecule has 228 valence electrons. The molecule has 11 heteroatoms. The molecule has 0 unspecified atom stereocenters. The van der Waals surface area contributed by atoms with Crippen molar-refractivity contribution in [1.82, 2.24) is 4.90 Å². The first kappa shape index (κ1) is 27.8. The SMILES string of the molecule is CC=C1CN2[C@@H]3C[C@@]45c6cc(OC)ccc6N[C@]4(O3)[C@@H]2C[C@@H]1[C@@]5(COC(=O)c1cc(OC)c(OC)c(OC)c1)C(=O)OC. The van der Waals surface area contributed by atoms with Crippen LogP contribution in [-0.4, -0.2) is 83.5 Å². The van der Waals surface area contributed by atoms with Crippen LogP contribution in [0.1, 0.15) is 35.7 Å². The van der Waals surface area contributed by atoms with Crippen LogP contribution in [0.5, 0.6) is 23.0 Å². The zero-order valence-corrected chi connectivity index (χ0v) is 25.1. The van der Waals surface area contributed by atoms with Gasteiger partial charge in [0, 0.05) is 24.6 Å². The average Bonchev–Trinajstić information content (AvgIpc) is 3.66. The Kier molecular flexibility index (Phi) is 6.17. The summed E-state index contributed by atoms with van der Waals surface area (Å²) in [5.41, 5.74) is -0.0273. The summed E-state index contributed by atoms with van der Waals surface area (Å²) in [5, 5.41) is 3.72. The molecule has 7 rings (SSSR count). The number of ether oxygens (including phenoxy) is 7. The van der Waals surface area contributed by atoms with Gasteiger partial charge in [0.1, 0.15) is 24.0 Å². The smallest absolute Gasteiger partial charge is 0.338 e. The molecule has 4 fully saturated rings. The lowest BCUT2D eigenvalue weighted by atomic mass is 9.42. The fraction of sp³-hybridized carbons (Fsp3) is 0.500. The number of carbonyl (C=O) groups excluding carboxylic acids is 2. The number of fused-ring (bicyclic) bond motifs is 4. The van der Waals surface area contributed by atoms with Crippen molar-refractivity contribution >= 4 is 17.6 Å². The lowest BCUT2D eigenvalue weighted by Gasteiger charge is -2.64. The maximum atomic E-state index is 14.5. The first-order valence-electron chi connectivity index (χ1n) is 14.4. The van der Waals surface area contributed by atoms with Gasteiger partial charge in [-0.3, -0.25) is 9.69 Å². The number of piperidine rings is 2. The Labute approximate surface area is 249 Å². The van der Waals surface area contributed by atoms with E-state index in [0.29, 0.717) is 42.4 Å². The molecule has 1 N–H and O–H groups in total. The lowest BCUT2D eigenvalue weighted by Crippen LogP contribution is -2.78. The van der Waals surface area contributed by atoms with Crippen LogP contribution in [0.3, 0.4) is 0 Å². The Morgan fingerprint density at radius 3 is 2.42 bits per heavy atom. The van der Waals surface area contributed by atoms with E-state index in [1.165, 1.54) is 28.4 Å². The Balaban J connectivity index is 1.40. The molecule has 1 aliphatic carbocycles. The number of methoxy groups -OCH3 is 5. The van der Waals surface area contributed by atoms with Crippen LogP contribution < -0.4 is 24.3 Å². The standard InChI is InChI=1S/C32H36N2O9/c1-7-17-15-34-25-13-20(17)30(29(36)41-6,16-42-28(35)18-10-23(38-3)27(40-5)24(11-18)39-4)31-14-26(34)43-32(25,31)33-22-9-8-19(37-2)12-21(22)31/h7-12,20,25-26,33H,13-16H2,1-6H3/t20-,25-,26-,30-,31-,32-/m0/s1. The second-order valence-electron chi connectivity index (χ2n) is 11.7. The van der Waals surface area contributed by atoms with Crippen LogP contribution in [-0.2, 0) is 24.4 Å². The number of carbonyl (C=O) groups is 2. The highest BCUT2D eigenvalue weighted by molar-refractivity contribution is 5.92. The zero-order valence-electron chi connectivity index (χ0n) is 25.1. The van der Waals surface area contributed by atoms with Crippen molar-refractivity contribution in [2.45, 2.75) is 43.2 Å². The number of rotatable bonds is 8. The third kappa shape index (κ3) is 3.21. The van der Waals surface area contributed by atoms with Crippen LogP contribution in [0.4, 0.5) is 5.69 Å². The quantitative estimate of drug-likeness (QED) is 0.359. The second-order valence-corrected chi connectivity index (χ2v) is 11.7. The number of benzene rings is 2. The molecular weight excluding hydrogens is 556 g/mol. The van der Waals surface area contributed by atoms with Gasteiger partial charge < -0.3 is 38.5 Å². The fourth-order valence-electron chi connectivity index (χ4n) is 8.91. The molecule has 1 spiro atoms. The molecule has 4 heterocycles. The number of hydrogen-bond acceptors (Lipinski definition) is 11. The molecule has 3 saturated heterocycles. The number of hydrogen-bond donors (Lipinski definition) is 1. The molecule has 11 nitrogen and oxygen atoms in total. The summed E-state index contributed by atoms with van der Waals surface area (Å²) >= 11 is 0. The van der Waals surface area contributed by atoms with E-state index in [1.807, 2.05) is 25.1 Å². The van der Waals surface area contributed by atoms with Crippen LogP contribution in [0.15, 0.2) is 42.0 Å². The van der Waals surface area contributed by atoms with Crippen molar-refractivity contribution in [3.05, 3.63) is 53.1 Å². The van der Waals surface area contributed by atoms with Crippen LogP contribution in [0.2, 0.25) is 0 Å². The summed E-state index contributed by atoms with van der Waals surface area (Å²) in [6.07, 6.45) is 3.03. The highest BCUT2D eigenvalue weighted by Gasteiger charge is 2.87. The normalized spacial score (nSPS) is 33.4. The third-order valence-electron chi connectivity index (χ3n) is 10.6. The minimum Gasteiger partial charge on any atom is -0.497 e. The van der Waals surface area contributed by atoms with Gasteiger partial charge in [0.05, 0.1) is 52.6 Å². The molecule has 0 amide bonds. The van der Waals surface area contributed by atoms with Crippen molar-refractivity contribution in [2.75, 3.05) is 54.0 Å². The second kappa shape index (κ2) is 9.52. The fourth-order valence-corrected chi connectivity index (χ4v) is 8.91. The predicted octanol–water partition coefficient (Wildman–Crippen LogP) is 3.51. The number of allylic oxidation sites excluding steroid dienone is 1. The van der Waals surface area contributed by atoms with Crippen molar-refractivity contribution in [2.24, 2.45) is 11.3 Å². The molecule has 0 radical (unpaired) electrons. The summed E-state index contributed by atoms with van der Waals surface area (Å²) < 4.78 is 40.8. The molecule has 0 aromatic heterocycles. The van der Waals surface area contributed by atoms with E-state index < -0.39 is 28.5 Å². The Bertz CT molecular complexity index is 1530. The van der Waals surface area contributed by atoms with E-state index >= 15 is 0 Å². The summed E-state index contributed by atoms with van der Waals surface area (Å²) in [5.74, 6) is 0.347. The van der Waals surface area contributed by atoms with E-state index in [1.54, 1.807) is 19.2 Å². The van der Waals surface area contributed by atoms with Gasteiger partial charge in [0.15, 0.2) is 17.2 Å². The summed E-state index contributed by atoms with van der Waals surface area (Å²) in [6, 6.07) is 8.95. The number of nitrogens with one attached hydrogen (secondary N) is 1. The van der Waals surface area contributed by atoms with Crippen molar-refractivity contribution in [3.63, 3.8) is 0 Å². The van der Waals surface area contributed by atoms with E-state index in [4.69, 9.17) is 33.2 Å². The van der Waals surface area contributed by atoms with Crippen molar-refractivity contribution < 1.29 is 42.7 Å². The first-order valence-corrected chi connectivity index (χ1v) is 14.4. The molecule has 43 heavy (non-hydrogen) atoms. The Hall–Kier alpha value is -3.96. The van der Waals surface area contributed by atoms with E-state index in [-0.39, 0.29) is 30.4 Å². The predicted molar refractivity (Wildman–Crippen MR) is 154 cm³/mol.